The molecule has 1 aromatic heterocycles. The molecular formula is C21H30N6O2. The number of nitrogens with one attached hydrogen (secondary N) is 1. The summed E-state index contributed by atoms with van der Waals surface area (Å²) in [5.41, 5.74) is 1.25. The van der Waals surface area contributed by atoms with Crippen LogP contribution in [0.4, 0.5) is 11.8 Å². The number of rotatable bonds is 8. The highest BCUT2D eigenvalue weighted by Crippen LogP contribution is 2.32. The van der Waals surface area contributed by atoms with Crippen molar-refractivity contribution in [2.75, 3.05) is 70.4 Å². The largest absolute Gasteiger partial charge is 0.454 e. The first-order chi connectivity index (χ1) is 14.2. The van der Waals surface area contributed by atoms with Crippen molar-refractivity contribution in [2.24, 2.45) is 0 Å². The summed E-state index contributed by atoms with van der Waals surface area (Å²) >= 11 is 0. The molecule has 3 heterocycles. The molecule has 1 N–H and O–H groups in total. The van der Waals surface area contributed by atoms with E-state index in [1.54, 1.807) is 0 Å². The minimum atomic E-state index is 0.320. The minimum Gasteiger partial charge on any atom is -0.454 e. The van der Waals surface area contributed by atoms with Gasteiger partial charge in [0.15, 0.2) is 11.5 Å². The molecule has 0 bridgehead atoms. The van der Waals surface area contributed by atoms with Crippen LogP contribution in [-0.4, -0.2) is 79.9 Å². The molecule has 0 amide bonds. The van der Waals surface area contributed by atoms with Gasteiger partial charge in [0.25, 0.3) is 0 Å². The Balaban J connectivity index is 1.26. The zero-order valence-corrected chi connectivity index (χ0v) is 17.3. The molecule has 156 valence electrons. The molecule has 0 saturated carbocycles. The maximum atomic E-state index is 5.49. The Morgan fingerprint density at radius 2 is 1.90 bits per heavy atom. The van der Waals surface area contributed by atoms with Crippen molar-refractivity contribution in [3.05, 3.63) is 36.0 Å². The summed E-state index contributed by atoms with van der Waals surface area (Å²) in [5.74, 6) is 3.40. The van der Waals surface area contributed by atoms with E-state index in [1.165, 1.54) is 5.56 Å². The molecule has 0 aliphatic carbocycles. The quantitative estimate of drug-likeness (QED) is 0.677. The predicted octanol–water partition coefficient (Wildman–Crippen LogP) is 1.89. The highest BCUT2D eigenvalue weighted by molar-refractivity contribution is 5.44. The van der Waals surface area contributed by atoms with Crippen molar-refractivity contribution in [2.45, 2.75) is 13.0 Å². The first kappa shape index (κ1) is 19.7. The zero-order valence-electron chi connectivity index (χ0n) is 17.3. The number of anilines is 2. The Hall–Kier alpha value is -2.58. The van der Waals surface area contributed by atoms with Crippen LogP contribution >= 0.6 is 0 Å². The molecule has 0 atom stereocenters. The first-order valence-corrected chi connectivity index (χ1v) is 10.2. The van der Waals surface area contributed by atoms with E-state index in [9.17, 15) is 0 Å². The Labute approximate surface area is 172 Å². The highest BCUT2D eigenvalue weighted by atomic mass is 16.7. The van der Waals surface area contributed by atoms with E-state index >= 15 is 0 Å². The van der Waals surface area contributed by atoms with Crippen LogP contribution in [0.5, 0.6) is 11.5 Å². The van der Waals surface area contributed by atoms with Gasteiger partial charge in [0.1, 0.15) is 5.82 Å². The molecule has 4 rings (SSSR count). The zero-order chi connectivity index (χ0) is 20.1. The maximum Gasteiger partial charge on any atom is 0.231 e. The number of hydrogen-bond donors (Lipinski definition) is 1. The summed E-state index contributed by atoms with van der Waals surface area (Å²) in [6.07, 6.45) is 2.93. The molecule has 2 aliphatic rings. The number of ether oxygens (including phenoxy) is 2. The minimum absolute atomic E-state index is 0.320. The van der Waals surface area contributed by atoms with E-state index in [2.05, 4.69) is 51.2 Å². The summed E-state index contributed by atoms with van der Waals surface area (Å²) in [6.45, 7) is 7.04. The van der Waals surface area contributed by atoms with Crippen LogP contribution in [0.25, 0.3) is 0 Å². The molecule has 2 aliphatic heterocycles. The first-order valence-electron chi connectivity index (χ1n) is 10.2. The fraction of sp³-hybridized carbons (Fsp3) is 0.524. The van der Waals surface area contributed by atoms with Crippen LogP contribution in [0.1, 0.15) is 12.0 Å². The Morgan fingerprint density at radius 1 is 1.07 bits per heavy atom. The number of benzene rings is 1. The standard InChI is InChI=1S/C21H30N6O2/c1-25(2)9-3-7-22-20-6-8-23-21(24-20)27-12-10-26(11-13-27)15-17-4-5-18-19(14-17)29-16-28-18/h4-6,8,14H,3,7,9-13,15-16H2,1-2H3,(H,22,23,24). The summed E-state index contributed by atoms with van der Waals surface area (Å²) in [4.78, 5) is 16.1. The van der Waals surface area contributed by atoms with Gasteiger partial charge in [0, 0.05) is 45.5 Å². The van der Waals surface area contributed by atoms with E-state index < -0.39 is 0 Å². The van der Waals surface area contributed by atoms with Crippen LogP contribution < -0.4 is 19.7 Å². The van der Waals surface area contributed by atoms with Crippen molar-refractivity contribution >= 4 is 11.8 Å². The molecular weight excluding hydrogens is 368 g/mol. The SMILES string of the molecule is CN(C)CCCNc1ccnc(N2CCN(Cc3ccc4c(c3)OCO4)CC2)n1. The highest BCUT2D eigenvalue weighted by Gasteiger charge is 2.20. The van der Waals surface area contributed by atoms with Crippen LogP contribution in [0.15, 0.2) is 30.5 Å². The lowest BCUT2D eigenvalue weighted by Gasteiger charge is -2.34. The number of nitrogens with zero attached hydrogens (tertiary/aromatic N) is 5. The number of aromatic nitrogens is 2. The predicted molar refractivity (Wildman–Crippen MR) is 114 cm³/mol. The molecule has 8 nitrogen and oxygen atoms in total. The lowest BCUT2D eigenvalue weighted by Crippen LogP contribution is -2.46. The average Bonchev–Trinajstić information content (AvgIpc) is 3.20. The Bertz CT molecular complexity index is 808. The third kappa shape index (κ3) is 5.27. The van der Waals surface area contributed by atoms with Crippen LogP contribution in [-0.2, 0) is 6.54 Å². The molecule has 1 fully saturated rings. The van der Waals surface area contributed by atoms with E-state index in [1.807, 2.05) is 18.3 Å². The second kappa shape index (κ2) is 9.28. The fourth-order valence-electron chi connectivity index (χ4n) is 3.61. The smallest absolute Gasteiger partial charge is 0.231 e. The molecule has 0 radical (unpaired) electrons. The second-order valence-electron chi connectivity index (χ2n) is 7.78. The molecule has 2 aromatic rings. The maximum absolute atomic E-state index is 5.49. The van der Waals surface area contributed by atoms with Gasteiger partial charge in [-0.1, -0.05) is 6.07 Å². The average molecular weight is 399 g/mol. The lowest BCUT2D eigenvalue weighted by molar-refractivity contribution is 0.174. The van der Waals surface area contributed by atoms with Gasteiger partial charge in [-0.2, -0.15) is 4.98 Å². The van der Waals surface area contributed by atoms with Crippen molar-refractivity contribution in [1.82, 2.24) is 19.8 Å². The molecule has 1 saturated heterocycles. The number of piperazine rings is 1. The number of fused-ring (bicyclic) bond motifs is 1. The summed E-state index contributed by atoms with van der Waals surface area (Å²) in [6, 6.07) is 8.14. The lowest BCUT2D eigenvalue weighted by atomic mass is 10.1. The topological polar surface area (TPSA) is 66.0 Å². The van der Waals surface area contributed by atoms with E-state index in [4.69, 9.17) is 14.5 Å². The van der Waals surface area contributed by atoms with Gasteiger partial charge in [0.2, 0.25) is 12.7 Å². The third-order valence-corrected chi connectivity index (χ3v) is 5.23. The van der Waals surface area contributed by atoms with E-state index in [-0.39, 0.29) is 0 Å². The molecule has 8 heteroatoms. The molecule has 29 heavy (non-hydrogen) atoms. The summed E-state index contributed by atoms with van der Waals surface area (Å²) < 4.78 is 10.9. The van der Waals surface area contributed by atoms with Gasteiger partial charge in [-0.25, -0.2) is 4.98 Å². The van der Waals surface area contributed by atoms with Gasteiger partial charge in [-0.3, -0.25) is 4.90 Å². The fourth-order valence-corrected chi connectivity index (χ4v) is 3.61. The Morgan fingerprint density at radius 3 is 2.72 bits per heavy atom. The van der Waals surface area contributed by atoms with E-state index in [0.717, 1.165) is 75.5 Å². The van der Waals surface area contributed by atoms with Crippen LogP contribution in [0, 0.1) is 0 Å². The Kier molecular flexibility index (Phi) is 6.31. The van der Waals surface area contributed by atoms with Gasteiger partial charge in [0.05, 0.1) is 0 Å². The normalized spacial score (nSPS) is 16.4. The van der Waals surface area contributed by atoms with Gasteiger partial charge < -0.3 is 24.6 Å². The van der Waals surface area contributed by atoms with E-state index in [0.29, 0.717) is 6.79 Å². The monoisotopic (exact) mass is 398 g/mol. The second-order valence-corrected chi connectivity index (χ2v) is 7.78. The van der Waals surface area contributed by atoms with Crippen molar-refractivity contribution in [3.8, 4) is 11.5 Å². The number of hydrogen-bond acceptors (Lipinski definition) is 8. The third-order valence-electron chi connectivity index (χ3n) is 5.23. The molecule has 1 aromatic carbocycles. The molecule has 0 unspecified atom stereocenters. The van der Waals surface area contributed by atoms with Gasteiger partial charge in [-0.05, 0) is 50.8 Å². The molecule has 0 spiro atoms. The van der Waals surface area contributed by atoms with Gasteiger partial charge >= 0.3 is 0 Å². The summed E-state index contributed by atoms with van der Waals surface area (Å²) in [5, 5.41) is 3.40. The van der Waals surface area contributed by atoms with Crippen molar-refractivity contribution in [1.29, 1.82) is 0 Å². The van der Waals surface area contributed by atoms with Crippen molar-refractivity contribution < 1.29 is 9.47 Å². The van der Waals surface area contributed by atoms with Crippen molar-refractivity contribution in [3.63, 3.8) is 0 Å². The van der Waals surface area contributed by atoms with Crippen LogP contribution in [0.3, 0.4) is 0 Å². The van der Waals surface area contributed by atoms with Gasteiger partial charge in [-0.15, -0.1) is 0 Å². The summed E-state index contributed by atoms with van der Waals surface area (Å²) in [7, 11) is 4.18. The van der Waals surface area contributed by atoms with Crippen LogP contribution in [0.2, 0.25) is 0 Å².